The fraction of sp³-hybridized carbons (Fsp3) is 0.552. The number of carbonyl (C=O) groups excluding carboxylic acids is 1. The predicted octanol–water partition coefficient (Wildman–Crippen LogP) is 5.02. The minimum absolute atomic E-state index is 0.0995. The van der Waals surface area contributed by atoms with E-state index in [0.29, 0.717) is 47.2 Å². The number of hydrogen-bond donors (Lipinski definition) is 1. The number of piperidine rings is 1. The second kappa shape index (κ2) is 9.22. The Morgan fingerprint density at radius 3 is 2.37 bits per heavy atom. The molecule has 4 aromatic heterocycles. The zero-order valence-electron chi connectivity index (χ0n) is 23.9. The third-order valence-corrected chi connectivity index (χ3v) is 8.38. The summed E-state index contributed by atoms with van der Waals surface area (Å²) in [5, 5.41) is 10.2. The summed E-state index contributed by atoms with van der Waals surface area (Å²) in [6.07, 6.45) is 10.8. The van der Waals surface area contributed by atoms with Gasteiger partial charge in [0.2, 0.25) is 0 Å². The number of nitrogen functional groups attached to an aromatic ring is 1. The van der Waals surface area contributed by atoms with Crippen LogP contribution in [0.3, 0.4) is 0 Å². The standard InChI is InChI=1S/C29H35N9O3/c1-28(2,3)40-27(39)37-11-7-16(8-12-37)18-13-31-25(32-14-18)19-22(36-41-23(19)17-5-6-17)21-20-24(30)33-15-34-26(20)38(35-21)29(4)9-10-29/h13-17H,5-12H2,1-4H3,(H2,30,33,34). The van der Waals surface area contributed by atoms with Gasteiger partial charge in [0.05, 0.1) is 16.5 Å². The van der Waals surface area contributed by atoms with Crippen molar-refractivity contribution in [1.29, 1.82) is 0 Å². The number of anilines is 1. The predicted molar refractivity (Wildman–Crippen MR) is 151 cm³/mol. The highest BCUT2D eigenvalue weighted by atomic mass is 16.6. The fourth-order valence-electron chi connectivity index (χ4n) is 5.61. The number of likely N-dealkylation sites (tertiary alicyclic amines) is 1. The Hall–Kier alpha value is -4.09. The van der Waals surface area contributed by atoms with E-state index in [1.165, 1.54) is 6.33 Å². The molecule has 0 radical (unpaired) electrons. The summed E-state index contributed by atoms with van der Waals surface area (Å²) in [7, 11) is 0. The van der Waals surface area contributed by atoms with Crippen LogP contribution in [-0.4, -0.2) is 64.6 Å². The SMILES string of the molecule is CC(C)(C)OC(=O)N1CCC(c2cnc(-c3c(-c4nn(C5(C)CC5)c5ncnc(N)c45)noc3C3CC3)nc2)CC1. The number of ether oxygens (including phenoxy) is 1. The van der Waals surface area contributed by atoms with Crippen LogP contribution in [0.4, 0.5) is 10.6 Å². The lowest BCUT2D eigenvalue weighted by Crippen LogP contribution is -2.41. The van der Waals surface area contributed by atoms with Gasteiger partial charge in [-0.2, -0.15) is 5.10 Å². The van der Waals surface area contributed by atoms with Crippen LogP contribution in [0.15, 0.2) is 23.2 Å². The number of hydrogen-bond acceptors (Lipinski definition) is 10. The molecule has 7 rings (SSSR count). The van der Waals surface area contributed by atoms with Crippen molar-refractivity contribution >= 4 is 22.9 Å². The van der Waals surface area contributed by atoms with E-state index in [0.717, 1.165) is 55.4 Å². The van der Waals surface area contributed by atoms with Gasteiger partial charge >= 0.3 is 6.09 Å². The average molecular weight is 558 g/mol. The summed E-state index contributed by atoms with van der Waals surface area (Å²) < 4.78 is 13.4. The molecule has 12 heteroatoms. The van der Waals surface area contributed by atoms with Crippen molar-refractivity contribution in [3.63, 3.8) is 0 Å². The normalized spacial score (nSPS) is 19.1. The molecule has 1 amide bonds. The van der Waals surface area contributed by atoms with Crippen molar-refractivity contribution in [3.05, 3.63) is 30.0 Å². The highest BCUT2D eigenvalue weighted by molar-refractivity contribution is 6.00. The number of amides is 1. The molecule has 41 heavy (non-hydrogen) atoms. The topological polar surface area (TPSA) is 151 Å². The van der Waals surface area contributed by atoms with Gasteiger partial charge in [-0.15, -0.1) is 0 Å². The first-order chi connectivity index (χ1) is 19.6. The summed E-state index contributed by atoms with van der Waals surface area (Å²) in [6.45, 7) is 9.10. The lowest BCUT2D eigenvalue weighted by Gasteiger charge is -2.33. The van der Waals surface area contributed by atoms with Gasteiger partial charge in [0, 0.05) is 31.4 Å². The molecule has 2 aliphatic carbocycles. The van der Waals surface area contributed by atoms with Crippen molar-refractivity contribution in [1.82, 2.24) is 39.8 Å². The van der Waals surface area contributed by atoms with Gasteiger partial charge < -0.3 is 19.9 Å². The molecule has 2 N–H and O–H groups in total. The third kappa shape index (κ3) is 4.68. The quantitative estimate of drug-likeness (QED) is 0.354. The van der Waals surface area contributed by atoms with E-state index in [1.54, 1.807) is 4.90 Å². The molecule has 4 aromatic rings. The van der Waals surface area contributed by atoms with Crippen LogP contribution in [0.2, 0.25) is 0 Å². The summed E-state index contributed by atoms with van der Waals surface area (Å²) in [4.78, 5) is 32.7. The minimum atomic E-state index is -0.503. The molecule has 12 nitrogen and oxygen atoms in total. The molecule has 2 saturated carbocycles. The van der Waals surface area contributed by atoms with Crippen molar-refractivity contribution in [2.24, 2.45) is 0 Å². The van der Waals surface area contributed by atoms with E-state index in [-0.39, 0.29) is 23.5 Å². The van der Waals surface area contributed by atoms with E-state index in [2.05, 4.69) is 22.0 Å². The van der Waals surface area contributed by atoms with Gasteiger partial charge in [0.15, 0.2) is 17.2 Å². The lowest BCUT2D eigenvalue weighted by atomic mass is 9.91. The van der Waals surface area contributed by atoms with Crippen LogP contribution in [0, 0.1) is 0 Å². The van der Waals surface area contributed by atoms with E-state index < -0.39 is 5.60 Å². The van der Waals surface area contributed by atoms with Gasteiger partial charge in [-0.1, -0.05) is 5.16 Å². The smallest absolute Gasteiger partial charge is 0.410 e. The maximum Gasteiger partial charge on any atom is 0.410 e. The zero-order valence-corrected chi connectivity index (χ0v) is 23.9. The van der Waals surface area contributed by atoms with Crippen LogP contribution in [0.5, 0.6) is 0 Å². The minimum Gasteiger partial charge on any atom is -0.444 e. The molecule has 0 bridgehead atoms. The summed E-state index contributed by atoms with van der Waals surface area (Å²) in [5.41, 5.74) is 9.45. The van der Waals surface area contributed by atoms with Crippen molar-refractivity contribution in [3.8, 4) is 22.8 Å². The highest BCUT2D eigenvalue weighted by Crippen LogP contribution is 2.49. The third-order valence-electron chi connectivity index (χ3n) is 8.38. The fourth-order valence-corrected chi connectivity index (χ4v) is 5.61. The van der Waals surface area contributed by atoms with Gasteiger partial charge in [-0.3, -0.25) is 0 Å². The number of nitrogens with zero attached hydrogens (tertiary/aromatic N) is 8. The molecule has 0 aromatic carbocycles. The lowest BCUT2D eigenvalue weighted by molar-refractivity contribution is 0.0204. The monoisotopic (exact) mass is 557 g/mol. The van der Waals surface area contributed by atoms with Gasteiger partial charge in [-0.05, 0) is 77.7 Å². The Labute approximate surface area is 237 Å². The van der Waals surface area contributed by atoms with Crippen LogP contribution in [0.25, 0.3) is 33.8 Å². The van der Waals surface area contributed by atoms with Crippen LogP contribution in [0.1, 0.15) is 89.4 Å². The average Bonchev–Trinajstić information content (AvgIpc) is 3.85. The Bertz CT molecular complexity index is 1620. The zero-order chi connectivity index (χ0) is 28.5. The molecule has 0 unspecified atom stereocenters. The van der Waals surface area contributed by atoms with Gasteiger partial charge in [-0.25, -0.2) is 29.4 Å². The van der Waals surface area contributed by atoms with E-state index in [4.69, 9.17) is 30.1 Å². The van der Waals surface area contributed by atoms with Crippen LogP contribution < -0.4 is 5.73 Å². The van der Waals surface area contributed by atoms with Crippen LogP contribution in [-0.2, 0) is 10.3 Å². The summed E-state index contributed by atoms with van der Waals surface area (Å²) in [6, 6.07) is 0. The highest BCUT2D eigenvalue weighted by Gasteiger charge is 2.43. The molecule has 214 valence electrons. The van der Waals surface area contributed by atoms with Gasteiger partial charge in [0.25, 0.3) is 0 Å². The first kappa shape index (κ1) is 25.8. The largest absolute Gasteiger partial charge is 0.444 e. The Morgan fingerprint density at radius 2 is 1.73 bits per heavy atom. The molecular formula is C29H35N9O3. The van der Waals surface area contributed by atoms with Crippen molar-refractivity contribution in [2.75, 3.05) is 18.8 Å². The summed E-state index contributed by atoms with van der Waals surface area (Å²) >= 11 is 0. The molecule has 1 saturated heterocycles. The second-order valence-corrected chi connectivity index (χ2v) is 12.8. The molecule has 0 atom stereocenters. The number of nitrogens with two attached hydrogens (primary N) is 1. The molecule has 1 aliphatic heterocycles. The molecule has 0 spiro atoms. The Balaban J connectivity index is 1.19. The number of fused-ring (bicyclic) bond motifs is 1. The molecule has 5 heterocycles. The maximum atomic E-state index is 12.5. The molecule has 3 aliphatic rings. The first-order valence-corrected chi connectivity index (χ1v) is 14.4. The van der Waals surface area contributed by atoms with E-state index in [9.17, 15) is 4.79 Å². The maximum absolute atomic E-state index is 12.5. The van der Waals surface area contributed by atoms with Gasteiger partial charge in [0.1, 0.15) is 29.1 Å². The number of aromatic nitrogens is 7. The number of carbonyl (C=O) groups is 1. The Morgan fingerprint density at radius 1 is 1.02 bits per heavy atom. The number of rotatable bonds is 5. The summed E-state index contributed by atoms with van der Waals surface area (Å²) in [5.74, 6) is 2.25. The van der Waals surface area contributed by atoms with Crippen molar-refractivity contribution < 1.29 is 14.1 Å². The first-order valence-electron chi connectivity index (χ1n) is 14.4. The molecular weight excluding hydrogens is 522 g/mol. The second-order valence-electron chi connectivity index (χ2n) is 12.8. The molecule has 3 fully saturated rings. The van der Waals surface area contributed by atoms with E-state index >= 15 is 0 Å². The van der Waals surface area contributed by atoms with Crippen molar-refractivity contribution in [2.45, 2.75) is 89.2 Å². The van der Waals surface area contributed by atoms with E-state index in [1.807, 2.05) is 37.8 Å². The Kier molecular flexibility index (Phi) is 5.81. The van der Waals surface area contributed by atoms with Crippen LogP contribution >= 0.6 is 0 Å².